The van der Waals surface area contributed by atoms with E-state index in [1.165, 1.54) is 0 Å². The number of carbonyl (C=O) groups excluding carboxylic acids is 1. The van der Waals surface area contributed by atoms with Gasteiger partial charge in [0.25, 0.3) is 0 Å². The van der Waals surface area contributed by atoms with Crippen LogP contribution >= 0.6 is 0 Å². The molecule has 5 rings (SSSR count). The van der Waals surface area contributed by atoms with Crippen molar-refractivity contribution < 1.29 is 19.7 Å². The van der Waals surface area contributed by atoms with Gasteiger partial charge in [-0.05, 0) is 44.0 Å². The number of morpholine rings is 1. The highest BCUT2D eigenvalue weighted by molar-refractivity contribution is 6.07. The van der Waals surface area contributed by atoms with Crippen molar-refractivity contribution in [2.24, 2.45) is 0 Å². The zero-order valence-corrected chi connectivity index (χ0v) is 21.3. The van der Waals surface area contributed by atoms with Crippen molar-refractivity contribution in [1.29, 1.82) is 0 Å². The smallest absolute Gasteiger partial charge is 0.223 e. The minimum Gasteiger partial charge on any atom is -0.389 e. The molecule has 3 N–H and O–H groups in total. The Kier molecular flexibility index (Phi) is 7.10. The number of imidazole rings is 1. The van der Waals surface area contributed by atoms with Crippen molar-refractivity contribution in [2.75, 3.05) is 31.6 Å². The van der Waals surface area contributed by atoms with Crippen molar-refractivity contribution in [1.82, 2.24) is 19.4 Å². The van der Waals surface area contributed by atoms with Crippen molar-refractivity contribution in [3.8, 4) is 0 Å². The molecule has 0 aliphatic carbocycles. The lowest BCUT2D eigenvalue weighted by atomic mass is 10.0. The molecule has 1 aliphatic rings. The standard InChI is InChI=1S/C28H33N5O4/c1-28(2,36)18-33-23(17-34)31-25-26(33)21-10-8-19(9-11-24(35)32-12-14-37-15-13-32)16-22(21)30-27(25)29-20-6-4-3-5-7-20/h3-8,10,16,34,36H,9,11-15,17-18H2,1-2H3,(H,29,30). The Morgan fingerprint density at radius 3 is 2.57 bits per heavy atom. The van der Waals surface area contributed by atoms with Gasteiger partial charge in [-0.25, -0.2) is 9.97 Å². The second-order valence-corrected chi connectivity index (χ2v) is 10.1. The zero-order chi connectivity index (χ0) is 26.0. The van der Waals surface area contributed by atoms with Crippen LogP contribution in [0.5, 0.6) is 0 Å². The van der Waals surface area contributed by atoms with Crippen LogP contribution in [0.1, 0.15) is 31.7 Å². The second kappa shape index (κ2) is 10.5. The van der Waals surface area contributed by atoms with Crippen LogP contribution in [0, 0.1) is 0 Å². The Balaban J connectivity index is 1.56. The van der Waals surface area contributed by atoms with E-state index in [0.29, 0.717) is 56.3 Å². The number of amides is 1. The number of anilines is 2. The molecule has 0 saturated carbocycles. The summed E-state index contributed by atoms with van der Waals surface area (Å²) in [6, 6.07) is 15.7. The molecule has 2 aromatic carbocycles. The lowest BCUT2D eigenvalue weighted by Gasteiger charge is -2.26. The van der Waals surface area contributed by atoms with E-state index in [0.717, 1.165) is 27.7 Å². The first-order chi connectivity index (χ1) is 17.8. The molecule has 1 amide bonds. The molecule has 0 unspecified atom stereocenters. The lowest BCUT2D eigenvalue weighted by molar-refractivity contribution is -0.135. The average molecular weight is 504 g/mol. The summed E-state index contributed by atoms with van der Waals surface area (Å²) >= 11 is 0. The van der Waals surface area contributed by atoms with Crippen molar-refractivity contribution >= 4 is 39.3 Å². The highest BCUT2D eigenvalue weighted by Gasteiger charge is 2.23. The molecule has 9 nitrogen and oxygen atoms in total. The van der Waals surface area contributed by atoms with Crippen molar-refractivity contribution in [3.63, 3.8) is 0 Å². The fraction of sp³-hybridized carbons (Fsp3) is 0.393. The van der Waals surface area contributed by atoms with Crippen LogP contribution < -0.4 is 5.32 Å². The molecule has 0 spiro atoms. The topological polar surface area (TPSA) is 113 Å². The van der Waals surface area contributed by atoms with Gasteiger partial charge in [0, 0.05) is 30.6 Å². The number of aliphatic hydroxyl groups excluding tert-OH is 1. The van der Waals surface area contributed by atoms with Crippen LogP contribution in [0.3, 0.4) is 0 Å². The number of pyridine rings is 1. The van der Waals surface area contributed by atoms with Gasteiger partial charge in [0.1, 0.15) is 17.9 Å². The average Bonchev–Trinajstić information content (AvgIpc) is 3.25. The monoisotopic (exact) mass is 503 g/mol. The van der Waals surface area contributed by atoms with Gasteiger partial charge in [-0.3, -0.25) is 4.79 Å². The van der Waals surface area contributed by atoms with Crippen molar-refractivity contribution in [2.45, 2.75) is 45.4 Å². The van der Waals surface area contributed by atoms with Gasteiger partial charge in [0.2, 0.25) is 5.91 Å². The Labute approximate surface area is 215 Å². The maximum atomic E-state index is 12.7. The van der Waals surface area contributed by atoms with E-state index in [2.05, 4.69) is 5.32 Å². The van der Waals surface area contributed by atoms with Crippen LogP contribution in [0.15, 0.2) is 48.5 Å². The Morgan fingerprint density at radius 2 is 1.86 bits per heavy atom. The van der Waals surface area contributed by atoms with Gasteiger partial charge in [-0.2, -0.15) is 0 Å². The number of nitrogens with zero attached hydrogens (tertiary/aromatic N) is 4. The molecule has 0 radical (unpaired) electrons. The molecule has 9 heteroatoms. The van der Waals surface area contributed by atoms with Gasteiger partial charge in [0.05, 0.1) is 36.4 Å². The van der Waals surface area contributed by atoms with Gasteiger partial charge in [-0.1, -0.05) is 30.3 Å². The number of aryl methyl sites for hydroxylation is 1. The number of fused-ring (bicyclic) bond motifs is 3. The van der Waals surface area contributed by atoms with E-state index in [1.807, 2.05) is 58.0 Å². The first-order valence-electron chi connectivity index (χ1n) is 12.6. The van der Waals surface area contributed by atoms with E-state index in [1.54, 1.807) is 13.8 Å². The van der Waals surface area contributed by atoms with Gasteiger partial charge >= 0.3 is 0 Å². The molecule has 1 fully saturated rings. The molecule has 194 valence electrons. The number of rotatable bonds is 8. The van der Waals surface area contributed by atoms with Crippen LogP contribution in [-0.2, 0) is 29.1 Å². The number of para-hydroxylation sites is 1. The number of hydrogen-bond donors (Lipinski definition) is 3. The molecule has 2 aromatic heterocycles. The van der Waals surface area contributed by atoms with Gasteiger partial charge in [0.15, 0.2) is 5.82 Å². The molecule has 3 heterocycles. The predicted molar refractivity (Wildman–Crippen MR) is 143 cm³/mol. The Hall–Kier alpha value is -3.53. The van der Waals surface area contributed by atoms with Crippen LogP contribution in [0.4, 0.5) is 11.5 Å². The summed E-state index contributed by atoms with van der Waals surface area (Å²) in [7, 11) is 0. The Bertz CT molecular complexity index is 1410. The minimum atomic E-state index is -1.01. The van der Waals surface area contributed by atoms with Crippen LogP contribution in [0.2, 0.25) is 0 Å². The van der Waals surface area contributed by atoms with Crippen LogP contribution in [-0.4, -0.2) is 67.5 Å². The third kappa shape index (κ3) is 5.58. The van der Waals surface area contributed by atoms with E-state index in [9.17, 15) is 15.0 Å². The van der Waals surface area contributed by atoms with E-state index in [-0.39, 0.29) is 19.1 Å². The number of nitrogens with one attached hydrogen (secondary N) is 1. The summed E-state index contributed by atoms with van der Waals surface area (Å²) in [5, 5.41) is 25.0. The van der Waals surface area contributed by atoms with Gasteiger partial charge in [-0.15, -0.1) is 0 Å². The Morgan fingerprint density at radius 1 is 1.11 bits per heavy atom. The first-order valence-corrected chi connectivity index (χ1v) is 12.6. The normalized spacial score (nSPS) is 14.4. The quantitative estimate of drug-likeness (QED) is 0.338. The number of carbonyl (C=O) groups is 1. The first kappa shape index (κ1) is 25.1. The summed E-state index contributed by atoms with van der Waals surface area (Å²) < 4.78 is 7.23. The summed E-state index contributed by atoms with van der Waals surface area (Å²) in [5.74, 6) is 1.16. The third-order valence-corrected chi connectivity index (χ3v) is 6.53. The fourth-order valence-corrected chi connectivity index (χ4v) is 4.78. The summed E-state index contributed by atoms with van der Waals surface area (Å²) in [5.41, 5.74) is 3.04. The summed E-state index contributed by atoms with van der Waals surface area (Å²) in [6.45, 7) is 5.93. The van der Waals surface area contributed by atoms with Crippen LogP contribution in [0.25, 0.3) is 21.9 Å². The highest BCUT2D eigenvalue weighted by Crippen LogP contribution is 2.33. The molecule has 37 heavy (non-hydrogen) atoms. The van der Waals surface area contributed by atoms with E-state index in [4.69, 9.17) is 14.7 Å². The molecule has 1 saturated heterocycles. The van der Waals surface area contributed by atoms with Gasteiger partial charge < -0.3 is 29.7 Å². The van der Waals surface area contributed by atoms with Crippen molar-refractivity contribution in [3.05, 3.63) is 59.9 Å². The number of aromatic nitrogens is 3. The molecule has 0 atom stereocenters. The summed E-state index contributed by atoms with van der Waals surface area (Å²) in [4.78, 5) is 24.2. The molecule has 1 aliphatic heterocycles. The largest absolute Gasteiger partial charge is 0.389 e. The second-order valence-electron chi connectivity index (χ2n) is 10.1. The predicted octanol–water partition coefficient (Wildman–Crippen LogP) is 3.38. The third-order valence-electron chi connectivity index (χ3n) is 6.53. The van der Waals surface area contributed by atoms with E-state index >= 15 is 0 Å². The molecular formula is C28H33N5O4. The number of benzene rings is 2. The minimum absolute atomic E-state index is 0.133. The lowest BCUT2D eigenvalue weighted by Crippen LogP contribution is -2.40. The molecular weight excluding hydrogens is 470 g/mol. The number of aliphatic hydroxyl groups is 2. The summed E-state index contributed by atoms with van der Waals surface area (Å²) in [6.07, 6.45) is 1.03. The van der Waals surface area contributed by atoms with E-state index < -0.39 is 5.60 Å². The number of ether oxygens (including phenoxy) is 1. The highest BCUT2D eigenvalue weighted by atomic mass is 16.5. The number of hydrogen-bond acceptors (Lipinski definition) is 7. The molecule has 0 bridgehead atoms. The fourth-order valence-electron chi connectivity index (χ4n) is 4.78. The SMILES string of the molecule is CC(C)(O)Cn1c(CO)nc2c(Nc3ccccc3)nc3cc(CCC(=O)N4CCOCC4)ccc3c21. The maximum absolute atomic E-state index is 12.7. The zero-order valence-electron chi connectivity index (χ0n) is 21.3. The maximum Gasteiger partial charge on any atom is 0.223 e. The molecule has 4 aromatic rings.